The predicted molar refractivity (Wildman–Crippen MR) is 86.1 cm³/mol. The first kappa shape index (κ1) is 17.0. The highest BCUT2D eigenvalue weighted by Gasteiger charge is 2.18. The van der Waals surface area contributed by atoms with Crippen LogP contribution in [-0.4, -0.2) is 18.5 Å². The van der Waals surface area contributed by atoms with Gasteiger partial charge in [-0.05, 0) is 36.2 Å². The molecule has 0 unspecified atom stereocenters. The third-order valence-corrected chi connectivity index (χ3v) is 3.44. The van der Waals surface area contributed by atoms with E-state index in [1.54, 1.807) is 6.07 Å². The van der Waals surface area contributed by atoms with Crippen molar-refractivity contribution in [3.8, 4) is 0 Å². The molecular formula is C17H15ClFNO3. The molecule has 0 aliphatic rings. The zero-order chi connectivity index (χ0) is 16.8. The Balaban J connectivity index is 1.95. The molecule has 1 amide bonds. The summed E-state index contributed by atoms with van der Waals surface area (Å²) in [7, 11) is 0. The molecule has 0 saturated heterocycles. The maximum Gasteiger partial charge on any atom is 0.343 e. The summed E-state index contributed by atoms with van der Waals surface area (Å²) in [5, 5.41) is 2.55. The van der Waals surface area contributed by atoms with Crippen LogP contribution in [0.5, 0.6) is 0 Å². The number of rotatable bonds is 5. The van der Waals surface area contributed by atoms with Crippen molar-refractivity contribution < 1.29 is 18.7 Å². The average Bonchev–Trinajstić information content (AvgIpc) is 2.53. The van der Waals surface area contributed by atoms with Crippen molar-refractivity contribution in [2.24, 2.45) is 0 Å². The number of aryl methyl sites for hydroxylation is 1. The molecule has 2 aromatic carbocycles. The van der Waals surface area contributed by atoms with Gasteiger partial charge in [-0.15, -0.1) is 0 Å². The Kier molecular flexibility index (Phi) is 5.71. The minimum Gasteiger partial charge on any atom is -0.452 e. The van der Waals surface area contributed by atoms with Crippen LogP contribution in [0.15, 0.2) is 42.5 Å². The molecule has 0 atom stereocenters. The van der Waals surface area contributed by atoms with Crippen molar-refractivity contribution in [1.82, 2.24) is 0 Å². The highest BCUT2D eigenvalue weighted by molar-refractivity contribution is 6.33. The molecule has 2 rings (SSSR count). The van der Waals surface area contributed by atoms with Crippen LogP contribution in [-0.2, 0) is 16.0 Å². The van der Waals surface area contributed by atoms with Gasteiger partial charge < -0.3 is 10.1 Å². The number of esters is 1. The van der Waals surface area contributed by atoms with Gasteiger partial charge in [0.1, 0.15) is 11.4 Å². The fourth-order valence-electron chi connectivity index (χ4n) is 1.96. The van der Waals surface area contributed by atoms with E-state index < -0.39 is 24.3 Å². The number of benzene rings is 2. The van der Waals surface area contributed by atoms with Crippen LogP contribution >= 0.6 is 11.6 Å². The van der Waals surface area contributed by atoms with Gasteiger partial charge in [0.25, 0.3) is 5.91 Å². The molecule has 4 nitrogen and oxygen atoms in total. The van der Waals surface area contributed by atoms with Crippen LogP contribution in [0, 0.1) is 5.82 Å². The summed E-state index contributed by atoms with van der Waals surface area (Å²) in [4.78, 5) is 23.6. The summed E-state index contributed by atoms with van der Waals surface area (Å²) in [5.41, 5.74) is 1.29. The molecule has 1 N–H and O–H groups in total. The lowest BCUT2D eigenvalue weighted by Gasteiger charge is -2.09. The molecule has 0 spiro atoms. The first-order valence-corrected chi connectivity index (χ1v) is 7.39. The molecule has 0 heterocycles. The van der Waals surface area contributed by atoms with Crippen LogP contribution < -0.4 is 5.32 Å². The zero-order valence-corrected chi connectivity index (χ0v) is 13.2. The molecule has 0 aliphatic heterocycles. The molecule has 0 fully saturated rings. The van der Waals surface area contributed by atoms with E-state index >= 15 is 0 Å². The number of hydrogen-bond donors (Lipinski definition) is 1. The Morgan fingerprint density at radius 1 is 1.22 bits per heavy atom. The number of nitrogens with one attached hydrogen (secondary N) is 1. The van der Waals surface area contributed by atoms with Gasteiger partial charge in [0.2, 0.25) is 0 Å². The van der Waals surface area contributed by atoms with Crippen LogP contribution in [0.4, 0.5) is 10.1 Å². The molecule has 0 bridgehead atoms. The number of anilines is 1. The fourth-order valence-corrected chi connectivity index (χ4v) is 2.20. The highest BCUT2D eigenvalue weighted by Crippen LogP contribution is 2.19. The standard InChI is InChI=1S/C17H15ClFNO3/c1-2-11-5-3-6-12(9-11)20-15(21)10-23-17(22)16-13(18)7-4-8-14(16)19/h3-9H,2,10H2,1H3,(H,20,21). The Hall–Kier alpha value is -2.40. The normalized spacial score (nSPS) is 10.2. The highest BCUT2D eigenvalue weighted by atomic mass is 35.5. The molecular weight excluding hydrogens is 321 g/mol. The van der Waals surface area contributed by atoms with Gasteiger partial charge in [-0.2, -0.15) is 0 Å². The van der Waals surface area contributed by atoms with Gasteiger partial charge in [-0.3, -0.25) is 4.79 Å². The van der Waals surface area contributed by atoms with Gasteiger partial charge in [0, 0.05) is 5.69 Å². The van der Waals surface area contributed by atoms with E-state index in [9.17, 15) is 14.0 Å². The quantitative estimate of drug-likeness (QED) is 0.845. The maximum atomic E-state index is 13.6. The Bertz CT molecular complexity index is 713. The Morgan fingerprint density at radius 2 is 1.96 bits per heavy atom. The number of halogens is 2. The number of ether oxygens (including phenoxy) is 1. The summed E-state index contributed by atoms with van der Waals surface area (Å²) in [6.07, 6.45) is 0.838. The predicted octanol–water partition coefficient (Wildman–Crippen LogP) is 3.84. The Labute approximate surface area is 138 Å². The van der Waals surface area contributed by atoms with E-state index in [2.05, 4.69) is 5.32 Å². The van der Waals surface area contributed by atoms with Crippen molar-refractivity contribution >= 4 is 29.2 Å². The number of carbonyl (C=O) groups is 2. The summed E-state index contributed by atoms with van der Waals surface area (Å²) in [6.45, 7) is 1.47. The first-order valence-electron chi connectivity index (χ1n) is 7.01. The smallest absolute Gasteiger partial charge is 0.343 e. The lowest BCUT2D eigenvalue weighted by molar-refractivity contribution is -0.119. The van der Waals surface area contributed by atoms with E-state index in [0.29, 0.717) is 5.69 Å². The second-order valence-corrected chi connectivity index (χ2v) is 5.18. The van der Waals surface area contributed by atoms with E-state index in [4.69, 9.17) is 16.3 Å². The lowest BCUT2D eigenvalue weighted by Crippen LogP contribution is -2.21. The second-order valence-electron chi connectivity index (χ2n) is 4.77. The van der Waals surface area contributed by atoms with Crippen LogP contribution in [0.3, 0.4) is 0 Å². The number of amides is 1. The van der Waals surface area contributed by atoms with Crippen molar-refractivity contribution in [2.45, 2.75) is 13.3 Å². The van der Waals surface area contributed by atoms with E-state index in [1.807, 2.05) is 25.1 Å². The molecule has 0 saturated carbocycles. The van der Waals surface area contributed by atoms with Crippen molar-refractivity contribution in [3.63, 3.8) is 0 Å². The molecule has 0 radical (unpaired) electrons. The largest absolute Gasteiger partial charge is 0.452 e. The van der Waals surface area contributed by atoms with Gasteiger partial charge in [0.05, 0.1) is 5.02 Å². The van der Waals surface area contributed by atoms with Gasteiger partial charge in [0.15, 0.2) is 6.61 Å². The van der Waals surface area contributed by atoms with Crippen molar-refractivity contribution in [2.75, 3.05) is 11.9 Å². The summed E-state index contributed by atoms with van der Waals surface area (Å²) in [5.74, 6) is -2.29. The number of hydrogen-bond acceptors (Lipinski definition) is 3. The van der Waals surface area contributed by atoms with Crippen LogP contribution in [0.25, 0.3) is 0 Å². The SMILES string of the molecule is CCc1cccc(NC(=O)COC(=O)c2c(F)cccc2Cl)c1. The van der Waals surface area contributed by atoms with Gasteiger partial charge in [-0.25, -0.2) is 9.18 Å². The van der Waals surface area contributed by atoms with Crippen molar-refractivity contribution in [3.05, 3.63) is 64.4 Å². The van der Waals surface area contributed by atoms with Crippen LogP contribution in [0.1, 0.15) is 22.8 Å². The third-order valence-electron chi connectivity index (χ3n) is 3.12. The van der Waals surface area contributed by atoms with E-state index in [0.717, 1.165) is 18.1 Å². The average molecular weight is 336 g/mol. The molecule has 0 aromatic heterocycles. The molecule has 0 aliphatic carbocycles. The summed E-state index contributed by atoms with van der Waals surface area (Å²) in [6, 6.07) is 11.2. The molecule has 6 heteroatoms. The van der Waals surface area contributed by atoms with E-state index in [1.165, 1.54) is 12.1 Å². The molecule has 23 heavy (non-hydrogen) atoms. The maximum absolute atomic E-state index is 13.6. The first-order chi connectivity index (χ1) is 11.0. The zero-order valence-electron chi connectivity index (χ0n) is 12.4. The second kappa shape index (κ2) is 7.74. The lowest BCUT2D eigenvalue weighted by atomic mass is 10.1. The topological polar surface area (TPSA) is 55.4 Å². The minimum absolute atomic E-state index is 0.0638. The van der Waals surface area contributed by atoms with Crippen LogP contribution in [0.2, 0.25) is 5.02 Å². The minimum atomic E-state index is -0.981. The summed E-state index contributed by atoms with van der Waals surface area (Å²) >= 11 is 5.76. The molecule has 120 valence electrons. The Morgan fingerprint density at radius 3 is 2.65 bits per heavy atom. The fraction of sp³-hybridized carbons (Fsp3) is 0.176. The van der Waals surface area contributed by atoms with Crippen molar-refractivity contribution in [1.29, 1.82) is 0 Å². The van der Waals surface area contributed by atoms with E-state index in [-0.39, 0.29) is 10.6 Å². The monoisotopic (exact) mass is 335 g/mol. The molecule has 2 aromatic rings. The third kappa shape index (κ3) is 4.53. The summed E-state index contributed by atoms with van der Waals surface area (Å²) < 4.78 is 18.4. The van der Waals surface area contributed by atoms with Gasteiger partial charge >= 0.3 is 5.97 Å². The number of carbonyl (C=O) groups excluding carboxylic acids is 2. The van der Waals surface area contributed by atoms with Gasteiger partial charge in [-0.1, -0.05) is 36.7 Å².